The third kappa shape index (κ3) is 5.71. The number of hydroxylamine groups is 2. The molecule has 7 heteroatoms. The van der Waals surface area contributed by atoms with E-state index < -0.39 is 12.1 Å². The first-order valence-electron chi connectivity index (χ1n) is 5.82. The molecular weight excluding hydrogens is 286 g/mol. The smallest absolute Gasteiger partial charge is 0.428 e. The topological polar surface area (TPSA) is 72.9 Å². The minimum Gasteiger partial charge on any atom is -0.428 e. The first-order valence-corrected chi connectivity index (χ1v) is 6.20. The van der Waals surface area contributed by atoms with Crippen LogP contribution in [0, 0.1) is 0 Å². The lowest BCUT2D eigenvalue weighted by molar-refractivity contribution is -0.166. The molecule has 0 saturated heterocycles. The van der Waals surface area contributed by atoms with Gasteiger partial charge in [-0.2, -0.15) is 5.06 Å². The van der Waals surface area contributed by atoms with Crippen molar-refractivity contribution in [3.05, 3.63) is 34.9 Å². The Hall–Kier alpha value is -2.08. The van der Waals surface area contributed by atoms with E-state index in [2.05, 4.69) is 4.84 Å². The average Bonchev–Trinajstić information content (AvgIpc) is 2.44. The van der Waals surface area contributed by atoms with E-state index in [-0.39, 0.29) is 19.4 Å². The quantitative estimate of drug-likeness (QED) is 0.474. The number of carbonyl (C=O) groups excluding carboxylic acids is 3. The molecule has 0 heterocycles. The Morgan fingerprint density at radius 2 is 1.95 bits per heavy atom. The summed E-state index contributed by atoms with van der Waals surface area (Å²) in [4.78, 5) is 37.5. The summed E-state index contributed by atoms with van der Waals surface area (Å²) in [6, 6.07) is 6.74. The Morgan fingerprint density at radius 1 is 1.30 bits per heavy atom. The molecule has 108 valence electrons. The van der Waals surface area contributed by atoms with Crippen LogP contribution in [0.4, 0.5) is 4.79 Å². The number of hydrogen-bond acceptors (Lipinski definition) is 5. The minimum atomic E-state index is -0.998. The predicted octanol–water partition coefficient (Wildman–Crippen LogP) is 2.35. The van der Waals surface area contributed by atoms with Gasteiger partial charge in [-0.25, -0.2) is 4.79 Å². The number of halogens is 1. The van der Waals surface area contributed by atoms with Crippen LogP contribution in [0.25, 0.3) is 0 Å². The summed E-state index contributed by atoms with van der Waals surface area (Å²) in [5, 5.41) is 1.32. The van der Waals surface area contributed by atoms with Gasteiger partial charge < -0.3 is 14.4 Å². The molecule has 6 nitrogen and oxygen atoms in total. The highest BCUT2D eigenvalue weighted by molar-refractivity contribution is 6.30. The Bertz CT molecular complexity index is 474. The Labute approximate surface area is 121 Å². The van der Waals surface area contributed by atoms with E-state index in [1.807, 2.05) is 0 Å². The predicted molar refractivity (Wildman–Crippen MR) is 70.8 cm³/mol. The van der Waals surface area contributed by atoms with E-state index in [9.17, 15) is 14.4 Å². The fourth-order valence-corrected chi connectivity index (χ4v) is 1.38. The molecule has 0 N–H and O–H groups in total. The second-order valence-corrected chi connectivity index (χ2v) is 4.29. The van der Waals surface area contributed by atoms with Crippen LogP contribution in [0.3, 0.4) is 0 Å². The van der Waals surface area contributed by atoms with E-state index in [4.69, 9.17) is 16.3 Å². The molecular formula is C13H14ClNO5. The number of rotatable bonds is 5. The molecule has 0 aliphatic heterocycles. The largest absolute Gasteiger partial charge is 0.533 e. The molecule has 0 spiro atoms. The molecule has 0 saturated carbocycles. The number of nitrogens with zero attached hydrogens (tertiary/aromatic N) is 1. The third-order valence-corrected chi connectivity index (χ3v) is 2.56. The highest BCUT2D eigenvalue weighted by atomic mass is 35.5. The summed E-state index contributed by atoms with van der Waals surface area (Å²) in [5.74, 6) is -0.486. The molecule has 0 aliphatic carbocycles. The highest BCUT2D eigenvalue weighted by Gasteiger charge is 2.14. The summed E-state index contributed by atoms with van der Waals surface area (Å²) < 4.78 is 4.83. The molecule has 1 rings (SSSR count). The molecule has 0 aliphatic rings. The van der Waals surface area contributed by atoms with Crippen LogP contribution in [-0.4, -0.2) is 30.5 Å². The molecule has 0 atom stereocenters. The third-order valence-electron chi connectivity index (χ3n) is 2.31. The number of ether oxygens (including phenoxy) is 1. The first-order chi connectivity index (χ1) is 9.52. The van der Waals surface area contributed by atoms with Crippen molar-refractivity contribution in [3.63, 3.8) is 0 Å². The van der Waals surface area contributed by atoms with Gasteiger partial charge in [0.15, 0.2) is 0 Å². The summed E-state index contributed by atoms with van der Waals surface area (Å²) in [6.45, 7) is 0.00632. The monoisotopic (exact) mass is 299 g/mol. The van der Waals surface area contributed by atoms with Crippen LogP contribution < -0.4 is 0 Å². The van der Waals surface area contributed by atoms with Crippen molar-refractivity contribution in [2.75, 3.05) is 7.05 Å². The lowest BCUT2D eigenvalue weighted by atomic mass is 10.2. The van der Waals surface area contributed by atoms with Gasteiger partial charge in [0.2, 0.25) is 0 Å². The van der Waals surface area contributed by atoms with E-state index in [1.165, 1.54) is 7.05 Å². The van der Waals surface area contributed by atoms with Crippen molar-refractivity contribution in [1.82, 2.24) is 5.06 Å². The number of benzene rings is 1. The summed E-state index contributed by atoms with van der Waals surface area (Å²) in [5.41, 5.74) is 0.737. The lowest BCUT2D eigenvalue weighted by Gasteiger charge is -2.15. The van der Waals surface area contributed by atoms with Crippen molar-refractivity contribution in [3.8, 4) is 0 Å². The zero-order valence-electron chi connectivity index (χ0n) is 10.9. The van der Waals surface area contributed by atoms with Gasteiger partial charge in [0, 0.05) is 24.9 Å². The van der Waals surface area contributed by atoms with Crippen molar-refractivity contribution in [2.24, 2.45) is 0 Å². The maximum absolute atomic E-state index is 11.4. The number of aldehydes is 1. The fourth-order valence-electron chi connectivity index (χ4n) is 1.25. The van der Waals surface area contributed by atoms with Crippen LogP contribution in [-0.2, 0) is 25.8 Å². The van der Waals surface area contributed by atoms with Crippen LogP contribution in [0.2, 0.25) is 5.02 Å². The van der Waals surface area contributed by atoms with Gasteiger partial charge in [-0.15, -0.1) is 0 Å². The maximum Gasteiger partial charge on any atom is 0.533 e. The molecule has 0 bridgehead atoms. The van der Waals surface area contributed by atoms with E-state index in [0.29, 0.717) is 11.3 Å². The van der Waals surface area contributed by atoms with Crippen LogP contribution in [0.15, 0.2) is 24.3 Å². The minimum absolute atomic E-state index is 0.00632. The molecule has 0 radical (unpaired) electrons. The molecule has 0 aromatic heterocycles. The summed E-state index contributed by atoms with van der Waals surface area (Å²) >= 11 is 5.72. The van der Waals surface area contributed by atoms with Crippen LogP contribution in [0.5, 0.6) is 0 Å². The number of amides is 1. The molecule has 1 amide bonds. The van der Waals surface area contributed by atoms with Gasteiger partial charge in [0.05, 0.1) is 0 Å². The van der Waals surface area contributed by atoms with E-state index >= 15 is 0 Å². The van der Waals surface area contributed by atoms with Crippen molar-refractivity contribution in [2.45, 2.75) is 19.4 Å². The molecule has 0 unspecified atom stereocenters. The Balaban J connectivity index is 2.34. The second-order valence-electron chi connectivity index (χ2n) is 3.85. The standard InChI is InChI=1S/C13H14ClNO5/c1-15(12(17)3-2-8-16)20-13(18)19-9-10-4-6-11(14)7-5-10/h4-8H,2-3,9H2,1H3. The summed E-state index contributed by atoms with van der Waals surface area (Å²) in [6.07, 6.45) is -0.330. The zero-order chi connectivity index (χ0) is 15.0. The van der Waals surface area contributed by atoms with Crippen LogP contribution in [0.1, 0.15) is 18.4 Å². The Kier molecular flexibility index (Phi) is 6.52. The van der Waals surface area contributed by atoms with E-state index in [1.54, 1.807) is 24.3 Å². The zero-order valence-corrected chi connectivity index (χ0v) is 11.6. The number of carbonyl (C=O) groups is 3. The molecule has 20 heavy (non-hydrogen) atoms. The average molecular weight is 300 g/mol. The van der Waals surface area contributed by atoms with Gasteiger partial charge >= 0.3 is 6.16 Å². The van der Waals surface area contributed by atoms with Crippen molar-refractivity contribution >= 4 is 29.9 Å². The van der Waals surface area contributed by atoms with Gasteiger partial charge in [-0.1, -0.05) is 23.7 Å². The number of hydrogen-bond donors (Lipinski definition) is 0. The van der Waals surface area contributed by atoms with Crippen LogP contribution >= 0.6 is 11.6 Å². The normalized spacial score (nSPS) is 9.70. The van der Waals surface area contributed by atoms with Gasteiger partial charge in [-0.05, 0) is 17.7 Å². The fraction of sp³-hybridized carbons (Fsp3) is 0.308. The lowest BCUT2D eigenvalue weighted by Crippen LogP contribution is -2.30. The Morgan fingerprint density at radius 3 is 2.55 bits per heavy atom. The van der Waals surface area contributed by atoms with Gasteiger partial charge in [-0.3, -0.25) is 4.79 Å². The molecule has 1 aromatic carbocycles. The molecule has 1 aromatic rings. The second kappa shape index (κ2) is 8.16. The molecule has 0 fully saturated rings. The van der Waals surface area contributed by atoms with Gasteiger partial charge in [0.25, 0.3) is 5.91 Å². The van der Waals surface area contributed by atoms with Crippen molar-refractivity contribution in [1.29, 1.82) is 0 Å². The van der Waals surface area contributed by atoms with E-state index in [0.717, 1.165) is 10.6 Å². The first kappa shape index (κ1) is 16.0. The van der Waals surface area contributed by atoms with Gasteiger partial charge in [0.1, 0.15) is 12.9 Å². The SMILES string of the molecule is CN(OC(=O)OCc1ccc(Cl)cc1)C(=O)CCC=O. The highest BCUT2D eigenvalue weighted by Crippen LogP contribution is 2.10. The maximum atomic E-state index is 11.4. The summed E-state index contributed by atoms with van der Waals surface area (Å²) in [7, 11) is 1.27. The van der Waals surface area contributed by atoms with Crippen molar-refractivity contribution < 1.29 is 24.0 Å².